The lowest BCUT2D eigenvalue weighted by molar-refractivity contribution is -0.883. The molecule has 0 bridgehead atoms. The fourth-order valence-electron chi connectivity index (χ4n) is 4.20. The second kappa shape index (κ2) is 19.3. The summed E-state index contributed by atoms with van der Waals surface area (Å²) in [5, 5.41) is 0. The number of allylic oxidation sites excluding steroid dienone is 2. The highest BCUT2D eigenvalue weighted by Gasteiger charge is 2.41. The maximum atomic E-state index is 12.5. The molecular weight excluding hydrogens is 405 g/mol. The van der Waals surface area contributed by atoms with E-state index in [1.807, 2.05) is 28.1 Å². The largest absolute Gasteiger partial charge is 0.385 e. The average molecular weight is 461 g/mol. The van der Waals surface area contributed by atoms with E-state index in [4.69, 9.17) is 4.52 Å². The number of nitrogens with zero attached hydrogens (tertiary/aromatic N) is 1. The van der Waals surface area contributed by atoms with E-state index < -0.39 is 7.60 Å². The van der Waals surface area contributed by atoms with E-state index in [1.165, 1.54) is 89.9 Å². The van der Waals surface area contributed by atoms with Gasteiger partial charge in [0.1, 0.15) is 0 Å². The number of rotatable bonds is 22. The minimum Gasteiger partial charge on any atom is -0.320 e. The van der Waals surface area contributed by atoms with Gasteiger partial charge in [0.05, 0.1) is 27.7 Å². The zero-order valence-electron chi connectivity index (χ0n) is 21.6. The predicted molar refractivity (Wildman–Crippen MR) is 137 cm³/mol. The Bertz CT molecular complexity index is 474. The van der Waals surface area contributed by atoms with Crippen molar-refractivity contribution in [3.8, 4) is 0 Å². The van der Waals surface area contributed by atoms with Gasteiger partial charge in [-0.05, 0) is 32.1 Å². The molecule has 1 N–H and O–H groups in total. The zero-order chi connectivity index (χ0) is 23.4. The molecule has 31 heavy (non-hydrogen) atoms. The molecule has 0 aliphatic rings. The standard InChI is InChI=1S/C26H54NO3P/c1-6-8-9-10-11-12-13-14-15-16-17-18-19-20-21-22-23-24-25-30-31(28,29)26(7-2)27(3,4)5/h11-12,26H,6-10,13-25H2,1-5H3/p+1. The van der Waals surface area contributed by atoms with Crippen molar-refractivity contribution in [3.63, 3.8) is 0 Å². The molecule has 0 fully saturated rings. The summed E-state index contributed by atoms with van der Waals surface area (Å²) < 4.78 is 18.4. The maximum Gasteiger partial charge on any atom is 0.385 e. The Labute approximate surface area is 195 Å². The second-order valence-electron chi connectivity index (χ2n) is 10.0. The van der Waals surface area contributed by atoms with E-state index in [0.29, 0.717) is 17.5 Å². The molecule has 0 aliphatic heterocycles. The third kappa shape index (κ3) is 18.0. The third-order valence-electron chi connectivity index (χ3n) is 6.07. The van der Waals surface area contributed by atoms with Crippen LogP contribution in [0.1, 0.15) is 123 Å². The van der Waals surface area contributed by atoms with Crippen LogP contribution in [0.25, 0.3) is 0 Å². The van der Waals surface area contributed by atoms with E-state index >= 15 is 0 Å². The Morgan fingerprint density at radius 3 is 1.58 bits per heavy atom. The van der Waals surface area contributed by atoms with Gasteiger partial charge in [-0.25, -0.2) is 0 Å². The number of unbranched alkanes of at least 4 members (excludes halogenated alkanes) is 14. The molecule has 4 nitrogen and oxygen atoms in total. The van der Waals surface area contributed by atoms with Crippen molar-refractivity contribution in [1.29, 1.82) is 0 Å². The Balaban J connectivity index is 3.45. The van der Waals surface area contributed by atoms with E-state index in [2.05, 4.69) is 19.1 Å². The molecule has 0 aromatic rings. The SMILES string of the molecule is CCCCCC=CCCCCCCCCCCCCCOP(=O)(O)C(CC)[N+](C)(C)C. The quantitative estimate of drug-likeness (QED) is 0.0763. The molecule has 0 aromatic carbocycles. The van der Waals surface area contributed by atoms with Gasteiger partial charge < -0.3 is 13.9 Å². The summed E-state index contributed by atoms with van der Waals surface area (Å²) in [6.45, 7) is 4.61. The maximum absolute atomic E-state index is 12.5. The monoisotopic (exact) mass is 460 g/mol. The smallest absolute Gasteiger partial charge is 0.320 e. The summed E-state index contributed by atoms with van der Waals surface area (Å²) in [7, 11) is 2.31. The van der Waals surface area contributed by atoms with Crippen LogP contribution in [0.15, 0.2) is 12.2 Å². The van der Waals surface area contributed by atoms with E-state index in [-0.39, 0.29) is 5.78 Å². The lowest BCUT2D eigenvalue weighted by Gasteiger charge is -2.35. The minimum atomic E-state index is -3.55. The van der Waals surface area contributed by atoms with Gasteiger partial charge in [0.2, 0.25) is 0 Å². The molecule has 2 unspecified atom stereocenters. The summed E-state index contributed by atoms with van der Waals surface area (Å²) in [5.41, 5.74) is 0. The van der Waals surface area contributed by atoms with Gasteiger partial charge in [-0.1, -0.05) is 96.6 Å². The first-order valence-electron chi connectivity index (χ1n) is 13.2. The first-order chi connectivity index (χ1) is 14.8. The van der Waals surface area contributed by atoms with Crippen LogP contribution in [-0.2, 0) is 9.09 Å². The molecule has 0 amide bonds. The molecular formula is C26H55NO3P+. The Kier molecular flexibility index (Phi) is 19.2. The van der Waals surface area contributed by atoms with Crippen LogP contribution < -0.4 is 0 Å². The highest BCUT2D eigenvalue weighted by molar-refractivity contribution is 7.53. The molecule has 0 rings (SSSR count). The van der Waals surface area contributed by atoms with Gasteiger partial charge in [0, 0.05) is 6.42 Å². The molecule has 0 radical (unpaired) electrons. The van der Waals surface area contributed by atoms with Crippen LogP contribution in [0.3, 0.4) is 0 Å². The van der Waals surface area contributed by atoms with Crippen LogP contribution in [-0.4, -0.2) is 42.9 Å². The fraction of sp³-hybridized carbons (Fsp3) is 0.923. The van der Waals surface area contributed by atoms with Gasteiger partial charge in [-0.3, -0.25) is 4.57 Å². The molecule has 186 valence electrons. The lowest BCUT2D eigenvalue weighted by atomic mass is 10.1. The second-order valence-corrected chi connectivity index (χ2v) is 12.0. The van der Waals surface area contributed by atoms with Gasteiger partial charge in [0.15, 0.2) is 5.78 Å². The van der Waals surface area contributed by atoms with Crippen LogP contribution in [0.2, 0.25) is 0 Å². The Hall–Kier alpha value is -0.150. The van der Waals surface area contributed by atoms with Crippen molar-refractivity contribution in [2.45, 2.75) is 129 Å². The summed E-state index contributed by atoms with van der Waals surface area (Å²) in [4.78, 5) is 10.3. The molecule has 5 heteroatoms. The van der Waals surface area contributed by atoms with E-state index in [0.717, 1.165) is 12.8 Å². The molecule has 0 heterocycles. The van der Waals surface area contributed by atoms with Gasteiger partial charge in [0.25, 0.3) is 0 Å². The third-order valence-corrected chi connectivity index (χ3v) is 8.43. The first-order valence-corrected chi connectivity index (χ1v) is 14.8. The van der Waals surface area contributed by atoms with Crippen molar-refractivity contribution in [2.24, 2.45) is 0 Å². The van der Waals surface area contributed by atoms with Gasteiger partial charge in [-0.15, -0.1) is 0 Å². The van der Waals surface area contributed by atoms with E-state index in [1.54, 1.807) is 0 Å². The molecule has 0 spiro atoms. The predicted octanol–water partition coefficient (Wildman–Crippen LogP) is 8.45. The number of hydrogen-bond donors (Lipinski definition) is 1. The van der Waals surface area contributed by atoms with Crippen molar-refractivity contribution >= 4 is 7.60 Å². The average Bonchev–Trinajstić information content (AvgIpc) is 2.68. The zero-order valence-corrected chi connectivity index (χ0v) is 22.5. The Morgan fingerprint density at radius 1 is 0.742 bits per heavy atom. The molecule has 0 saturated carbocycles. The van der Waals surface area contributed by atoms with E-state index in [9.17, 15) is 9.46 Å². The molecule has 0 saturated heterocycles. The van der Waals surface area contributed by atoms with Crippen molar-refractivity contribution in [1.82, 2.24) is 0 Å². The van der Waals surface area contributed by atoms with Crippen LogP contribution >= 0.6 is 7.60 Å². The van der Waals surface area contributed by atoms with Gasteiger partial charge in [-0.2, -0.15) is 0 Å². The van der Waals surface area contributed by atoms with Crippen LogP contribution in [0.4, 0.5) is 0 Å². The van der Waals surface area contributed by atoms with Crippen molar-refractivity contribution in [3.05, 3.63) is 12.2 Å². The first kappa shape index (κ1) is 30.9. The molecule has 2 atom stereocenters. The van der Waals surface area contributed by atoms with Gasteiger partial charge >= 0.3 is 7.60 Å². The van der Waals surface area contributed by atoms with Crippen molar-refractivity contribution in [2.75, 3.05) is 27.7 Å². The molecule has 0 aliphatic carbocycles. The summed E-state index contributed by atoms with van der Waals surface area (Å²) in [6.07, 6.45) is 25.9. The summed E-state index contributed by atoms with van der Waals surface area (Å²) in [6, 6.07) is 0. The van der Waals surface area contributed by atoms with Crippen LogP contribution in [0, 0.1) is 0 Å². The highest BCUT2D eigenvalue weighted by atomic mass is 31.2. The highest BCUT2D eigenvalue weighted by Crippen LogP contribution is 2.51. The summed E-state index contributed by atoms with van der Waals surface area (Å²) >= 11 is 0. The van der Waals surface area contributed by atoms with Crippen LogP contribution in [0.5, 0.6) is 0 Å². The summed E-state index contributed by atoms with van der Waals surface area (Å²) in [5.74, 6) is -0.348. The minimum absolute atomic E-state index is 0.348. The topological polar surface area (TPSA) is 46.5 Å². The lowest BCUT2D eigenvalue weighted by Crippen LogP contribution is -2.44. The molecule has 0 aromatic heterocycles. The normalized spacial score (nSPS) is 15.4. The number of hydrogen-bond acceptors (Lipinski definition) is 2. The Morgan fingerprint density at radius 2 is 1.16 bits per heavy atom. The van der Waals surface area contributed by atoms with Crippen molar-refractivity contribution < 1.29 is 18.5 Å². The fourth-order valence-corrected chi connectivity index (χ4v) is 6.10. The number of quaternary nitrogens is 1.